The molecule has 0 saturated carbocycles. The first-order chi connectivity index (χ1) is 8.05. The first-order valence-corrected chi connectivity index (χ1v) is 6.08. The van der Waals surface area contributed by atoms with Gasteiger partial charge in [-0.2, -0.15) is 5.10 Å². The predicted octanol–water partition coefficient (Wildman–Crippen LogP) is 2.66. The van der Waals surface area contributed by atoms with Crippen LogP contribution in [0.1, 0.15) is 37.7 Å². The van der Waals surface area contributed by atoms with Crippen molar-refractivity contribution in [2.75, 3.05) is 0 Å². The van der Waals surface area contributed by atoms with E-state index < -0.39 is 0 Å². The van der Waals surface area contributed by atoms with Gasteiger partial charge in [0.25, 0.3) is 0 Å². The second kappa shape index (κ2) is 3.42. The number of aryl methyl sites for hydroxylation is 2. The van der Waals surface area contributed by atoms with Gasteiger partial charge in [-0.25, -0.2) is 9.67 Å². The second-order valence-electron chi connectivity index (χ2n) is 5.68. The maximum absolute atomic E-state index is 4.30. The van der Waals surface area contributed by atoms with Gasteiger partial charge in [0.15, 0.2) is 0 Å². The molecule has 0 N–H and O–H groups in total. The molecule has 2 heterocycles. The van der Waals surface area contributed by atoms with Crippen molar-refractivity contribution in [3.63, 3.8) is 0 Å². The minimum Gasteiger partial charge on any atom is -0.220 e. The number of aromatic nitrogens is 3. The molecule has 0 spiro atoms. The van der Waals surface area contributed by atoms with Gasteiger partial charge in [-0.3, -0.25) is 0 Å². The van der Waals surface area contributed by atoms with E-state index in [2.05, 4.69) is 49.1 Å². The van der Waals surface area contributed by atoms with Crippen LogP contribution < -0.4 is 0 Å². The summed E-state index contributed by atoms with van der Waals surface area (Å²) in [7, 11) is 0. The smallest absolute Gasteiger partial charge is 0.138 e. The van der Waals surface area contributed by atoms with Gasteiger partial charge in [0.1, 0.15) is 12.2 Å². The Morgan fingerprint density at radius 2 is 2.00 bits per heavy atom. The summed E-state index contributed by atoms with van der Waals surface area (Å²) < 4.78 is 1.96. The molecule has 88 valence electrons. The summed E-state index contributed by atoms with van der Waals surface area (Å²) in [4.78, 5) is 4.28. The highest BCUT2D eigenvalue weighted by Crippen LogP contribution is 2.29. The van der Waals surface area contributed by atoms with Crippen molar-refractivity contribution in [2.45, 2.75) is 39.0 Å². The molecular weight excluding hydrogens is 210 g/mol. The van der Waals surface area contributed by atoms with Gasteiger partial charge in [-0.15, -0.1) is 0 Å². The minimum absolute atomic E-state index is 0.206. The summed E-state index contributed by atoms with van der Waals surface area (Å²) in [6.07, 6.45) is 3.70. The Balaban J connectivity index is 2.14. The van der Waals surface area contributed by atoms with Gasteiger partial charge in [-0.05, 0) is 29.0 Å². The van der Waals surface area contributed by atoms with E-state index in [1.165, 1.54) is 16.8 Å². The van der Waals surface area contributed by atoms with Crippen LogP contribution in [-0.2, 0) is 18.3 Å². The lowest BCUT2D eigenvalue weighted by atomic mass is 9.85. The first-order valence-electron chi connectivity index (χ1n) is 6.08. The van der Waals surface area contributed by atoms with E-state index >= 15 is 0 Å². The third kappa shape index (κ3) is 1.66. The molecule has 3 heteroatoms. The Labute approximate surface area is 101 Å². The van der Waals surface area contributed by atoms with Crippen LogP contribution in [0, 0.1) is 0 Å². The zero-order valence-corrected chi connectivity index (χ0v) is 10.6. The van der Waals surface area contributed by atoms with Crippen molar-refractivity contribution < 1.29 is 0 Å². The summed E-state index contributed by atoms with van der Waals surface area (Å²) in [5.41, 5.74) is 4.17. The van der Waals surface area contributed by atoms with Crippen LogP contribution >= 0.6 is 0 Å². The maximum Gasteiger partial charge on any atom is 0.138 e. The van der Waals surface area contributed by atoms with E-state index in [1.54, 1.807) is 6.33 Å². The largest absolute Gasteiger partial charge is 0.220 e. The molecule has 0 radical (unpaired) electrons. The van der Waals surface area contributed by atoms with Gasteiger partial charge in [-0.1, -0.05) is 32.9 Å². The summed E-state index contributed by atoms with van der Waals surface area (Å²) in [5.74, 6) is 1.07. The Bertz CT molecular complexity index is 561. The van der Waals surface area contributed by atoms with Crippen LogP contribution in [0.4, 0.5) is 0 Å². The molecule has 0 fully saturated rings. The van der Waals surface area contributed by atoms with E-state index in [4.69, 9.17) is 0 Å². The number of benzene rings is 1. The molecule has 0 saturated heterocycles. The lowest BCUT2D eigenvalue weighted by molar-refractivity contribution is 0.587. The Kier molecular flexibility index (Phi) is 2.12. The molecule has 1 aromatic carbocycles. The molecule has 1 aliphatic rings. The fraction of sp³-hybridized carbons (Fsp3) is 0.429. The van der Waals surface area contributed by atoms with Crippen LogP contribution in [0.3, 0.4) is 0 Å². The van der Waals surface area contributed by atoms with Crippen LogP contribution in [0.25, 0.3) is 5.69 Å². The normalized spacial score (nSPS) is 14.3. The summed E-state index contributed by atoms with van der Waals surface area (Å²) in [6, 6.07) is 6.70. The van der Waals surface area contributed by atoms with Gasteiger partial charge < -0.3 is 0 Å². The van der Waals surface area contributed by atoms with Crippen molar-refractivity contribution >= 4 is 0 Å². The van der Waals surface area contributed by atoms with Crippen LogP contribution in [0.5, 0.6) is 0 Å². The molecule has 1 aromatic heterocycles. The zero-order chi connectivity index (χ0) is 12.0. The van der Waals surface area contributed by atoms with E-state index in [-0.39, 0.29) is 5.41 Å². The SMILES string of the molecule is CC(C)(C)c1ccc2c(c1)CCc1ncnn1-2. The summed E-state index contributed by atoms with van der Waals surface area (Å²) in [5, 5.41) is 4.30. The van der Waals surface area contributed by atoms with Gasteiger partial charge in [0.2, 0.25) is 0 Å². The maximum atomic E-state index is 4.30. The number of hydrogen-bond donors (Lipinski definition) is 0. The molecule has 0 aliphatic carbocycles. The van der Waals surface area contributed by atoms with E-state index in [0.717, 1.165) is 18.7 Å². The van der Waals surface area contributed by atoms with Crippen LogP contribution in [0.2, 0.25) is 0 Å². The highest BCUT2D eigenvalue weighted by molar-refractivity contribution is 5.47. The van der Waals surface area contributed by atoms with Gasteiger partial charge in [0, 0.05) is 6.42 Å². The average Bonchev–Trinajstić information content (AvgIpc) is 2.75. The molecule has 3 nitrogen and oxygen atoms in total. The zero-order valence-electron chi connectivity index (χ0n) is 10.6. The lowest BCUT2D eigenvalue weighted by Gasteiger charge is -2.23. The minimum atomic E-state index is 0.206. The quantitative estimate of drug-likeness (QED) is 0.692. The van der Waals surface area contributed by atoms with Crippen molar-refractivity contribution in [3.05, 3.63) is 41.5 Å². The van der Waals surface area contributed by atoms with E-state index in [9.17, 15) is 0 Å². The third-order valence-corrected chi connectivity index (χ3v) is 3.41. The summed E-state index contributed by atoms with van der Waals surface area (Å²) in [6.45, 7) is 6.75. The lowest BCUT2D eigenvalue weighted by Crippen LogP contribution is -2.17. The van der Waals surface area contributed by atoms with E-state index in [1.807, 2.05) is 4.68 Å². The molecule has 0 unspecified atom stereocenters. The monoisotopic (exact) mass is 227 g/mol. The number of hydrogen-bond acceptors (Lipinski definition) is 2. The Morgan fingerprint density at radius 3 is 2.76 bits per heavy atom. The van der Waals surface area contributed by atoms with Crippen molar-refractivity contribution in [1.29, 1.82) is 0 Å². The van der Waals surface area contributed by atoms with Crippen LogP contribution in [0.15, 0.2) is 24.5 Å². The molecule has 0 amide bonds. The predicted molar refractivity (Wildman–Crippen MR) is 67.5 cm³/mol. The van der Waals surface area contributed by atoms with Gasteiger partial charge in [0.05, 0.1) is 5.69 Å². The standard InChI is InChI=1S/C14H17N3/c1-14(2,3)11-5-6-12-10(8-11)4-7-13-15-9-16-17(12)13/h5-6,8-9H,4,7H2,1-3H3. The molecular formula is C14H17N3. The Hall–Kier alpha value is -1.64. The topological polar surface area (TPSA) is 30.7 Å². The van der Waals surface area contributed by atoms with E-state index in [0.29, 0.717) is 0 Å². The average molecular weight is 227 g/mol. The molecule has 17 heavy (non-hydrogen) atoms. The van der Waals surface area contributed by atoms with Gasteiger partial charge >= 0.3 is 0 Å². The Morgan fingerprint density at radius 1 is 1.18 bits per heavy atom. The highest BCUT2D eigenvalue weighted by atomic mass is 15.3. The van der Waals surface area contributed by atoms with Crippen molar-refractivity contribution in [3.8, 4) is 5.69 Å². The second-order valence-corrected chi connectivity index (χ2v) is 5.68. The molecule has 3 rings (SSSR count). The van der Waals surface area contributed by atoms with Crippen molar-refractivity contribution in [2.24, 2.45) is 0 Å². The van der Waals surface area contributed by atoms with Crippen LogP contribution in [-0.4, -0.2) is 14.8 Å². The molecule has 0 bridgehead atoms. The fourth-order valence-electron chi connectivity index (χ4n) is 2.34. The number of rotatable bonds is 0. The molecule has 1 aliphatic heterocycles. The molecule has 0 atom stereocenters. The third-order valence-electron chi connectivity index (χ3n) is 3.41. The number of nitrogens with zero attached hydrogens (tertiary/aromatic N) is 3. The fourth-order valence-corrected chi connectivity index (χ4v) is 2.34. The van der Waals surface area contributed by atoms with Crippen molar-refractivity contribution in [1.82, 2.24) is 14.8 Å². The number of fused-ring (bicyclic) bond motifs is 3. The highest BCUT2D eigenvalue weighted by Gasteiger charge is 2.20. The summed E-state index contributed by atoms with van der Waals surface area (Å²) >= 11 is 0. The molecule has 2 aromatic rings. The first kappa shape index (κ1) is 10.5.